The SMILES string of the molecule is CC(=O)c1cc(Cl)c(C)c(OC(F)F)c1. The van der Waals surface area contributed by atoms with Crippen LogP contribution in [0.1, 0.15) is 22.8 Å². The Labute approximate surface area is 90.8 Å². The number of benzene rings is 1. The zero-order valence-electron chi connectivity index (χ0n) is 8.18. The molecule has 0 aliphatic carbocycles. The normalized spacial score (nSPS) is 10.5. The summed E-state index contributed by atoms with van der Waals surface area (Å²) in [6.45, 7) is -0.0566. The maximum atomic E-state index is 12.0. The van der Waals surface area contributed by atoms with Crippen LogP contribution in [0.25, 0.3) is 0 Å². The second kappa shape index (κ2) is 4.57. The number of rotatable bonds is 3. The van der Waals surface area contributed by atoms with Crippen molar-refractivity contribution < 1.29 is 18.3 Å². The first-order valence-corrected chi connectivity index (χ1v) is 4.55. The fourth-order valence-corrected chi connectivity index (χ4v) is 1.29. The van der Waals surface area contributed by atoms with E-state index < -0.39 is 6.61 Å². The summed E-state index contributed by atoms with van der Waals surface area (Å²) in [6.07, 6.45) is 0. The van der Waals surface area contributed by atoms with E-state index in [0.717, 1.165) is 0 Å². The third-order valence-corrected chi connectivity index (χ3v) is 2.31. The second-order valence-corrected chi connectivity index (χ2v) is 3.42. The molecule has 0 spiro atoms. The van der Waals surface area contributed by atoms with E-state index >= 15 is 0 Å². The van der Waals surface area contributed by atoms with Crippen LogP contribution in [0, 0.1) is 6.92 Å². The molecule has 0 saturated heterocycles. The average Bonchev–Trinajstić information content (AvgIpc) is 2.11. The van der Waals surface area contributed by atoms with Crippen molar-refractivity contribution >= 4 is 17.4 Å². The molecule has 0 aliphatic rings. The van der Waals surface area contributed by atoms with Gasteiger partial charge in [0.15, 0.2) is 5.78 Å². The van der Waals surface area contributed by atoms with Crippen LogP contribution in [0.2, 0.25) is 5.02 Å². The van der Waals surface area contributed by atoms with E-state index in [2.05, 4.69) is 4.74 Å². The van der Waals surface area contributed by atoms with Crippen molar-refractivity contribution in [2.75, 3.05) is 0 Å². The number of carbonyl (C=O) groups is 1. The van der Waals surface area contributed by atoms with Gasteiger partial charge in [-0.25, -0.2) is 0 Å². The van der Waals surface area contributed by atoms with Crippen molar-refractivity contribution in [3.63, 3.8) is 0 Å². The molecule has 5 heteroatoms. The number of hydrogen-bond donors (Lipinski definition) is 0. The van der Waals surface area contributed by atoms with Crippen LogP contribution in [0.15, 0.2) is 12.1 Å². The van der Waals surface area contributed by atoms with Crippen molar-refractivity contribution in [1.29, 1.82) is 0 Å². The Bertz CT molecular complexity index is 391. The van der Waals surface area contributed by atoms with Crippen LogP contribution in [0.3, 0.4) is 0 Å². The van der Waals surface area contributed by atoms with Gasteiger partial charge < -0.3 is 4.74 Å². The molecule has 0 radical (unpaired) electrons. The summed E-state index contributed by atoms with van der Waals surface area (Å²) in [5.41, 5.74) is 0.642. The van der Waals surface area contributed by atoms with Gasteiger partial charge in [-0.3, -0.25) is 4.79 Å². The van der Waals surface area contributed by atoms with Gasteiger partial charge in [0.05, 0.1) is 0 Å². The molecule has 1 aromatic carbocycles. The summed E-state index contributed by atoms with van der Waals surface area (Å²) in [4.78, 5) is 11.0. The van der Waals surface area contributed by atoms with E-state index in [0.29, 0.717) is 5.56 Å². The molecule has 1 rings (SSSR count). The molecule has 0 atom stereocenters. The van der Waals surface area contributed by atoms with Crippen LogP contribution in [0.5, 0.6) is 5.75 Å². The number of Topliss-reactive ketones (excluding diaryl/α,β-unsaturated/α-hetero) is 1. The minimum atomic E-state index is -2.93. The molecule has 0 amide bonds. The lowest BCUT2D eigenvalue weighted by atomic mass is 10.1. The Morgan fingerprint density at radius 3 is 2.53 bits per heavy atom. The van der Waals surface area contributed by atoms with Gasteiger partial charge in [0.25, 0.3) is 0 Å². The first-order valence-electron chi connectivity index (χ1n) is 4.17. The van der Waals surface area contributed by atoms with Crippen molar-refractivity contribution in [2.24, 2.45) is 0 Å². The summed E-state index contributed by atoms with van der Waals surface area (Å²) in [6, 6.07) is 2.69. The van der Waals surface area contributed by atoms with E-state index in [1.807, 2.05) is 0 Å². The number of hydrogen-bond acceptors (Lipinski definition) is 2. The molecule has 15 heavy (non-hydrogen) atoms. The van der Waals surface area contributed by atoms with E-state index in [9.17, 15) is 13.6 Å². The maximum Gasteiger partial charge on any atom is 0.387 e. The van der Waals surface area contributed by atoms with Crippen molar-refractivity contribution in [2.45, 2.75) is 20.5 Å². The summed E-state index contributed by atoms with van der Waals surface area (Å²) < 4.78 is 28.3. The van der Waals surface area contributed by atoms with Crippen molar-refractivity contribution in [1.82, 2.24) is 0 Å². The van der Waals surface area contributed by atoms with Crippen LogP contribution < -0.4 is 4.74 Å². The lowest BCUT2D eigenvalue weighted by Crippen LogP contribution is -2.05. The fraction of sp³-hybridized carbons (Fsp3) is 0.300. The average molecular weight is 235 g/mol. The lowest BCUT2D eigenvalue weighted by Gasteiger charge is -2.10. The van der Waals surface area contributed by atoms with Crippen LogP contribution in [-0.2, 0) is 0 Å². The minimum absolute atomic E-state index is 0.0669. The number of ether oxygens (including phenoxy) is 1. The molecule has 0 aliphatic heterocycles. The quantitative estimate of drug-likeness (QED) is 0.749. The zero-order valence-corrected chi connectivity index (χ0v) is 8.94. The number of halogens is 3. The molecule has 2 nitrogen and oxygen atoms in total. The number of carbonyl (C=O) groups excluding carboxylic acids is 1. The monoisotopic (exact) mass is 234 g/mol. The minimum Gasteiger partial charge on any atom is -0.434 e. The Balaban J connectivity index is 3.19. The second-order valence-electron chi connectivity index (χ2n) is 3.02. The highest BCUT2D eigenvalue weighted by molar-refractivity contribution is 6.32. The Kier molecular flexibility index (Phi) is 3.63. The van der Waals surface area contributed by atoms with Gasteiger partial charge in [0, 0.05) is 16.1 Å². The maximum absolute atomic E-state index is 12.0. The number of ketones is 1. The first kappa shape index (κ1) is 11.9. The largest absolute Gasteiger partial charge is 0.434 e. The Morgan fingerprint density at radius 2 is 2.07 bits per heavy atom. The van der Waals surface area contributed by atoms with E-state index in [4.69, 9.17) is 11.6 Å². The van der Waals surface area contributed by atoms with Gasteiger partial charge in [-0.1, -0.05) is 11.6 Å². The van der Waals surface area contributed by atoms with Crippen LogP contribution >= 0.6 is 11.6 Å². The third-order valence-electron chi connectivity index (χ3n) is 1.92. The van der Waals surface area contributed by atoms with Crippen LogP contribution in [-0.4, -0.2) is 12.4 Å². The highest BCUT2D eigenvalue weighted by atomic mass is 35.5. The molecule has 0 N–H and O–H groups in total. The van der Waals surface area contributed by atoms with Crippen molar-refractivity contribution in [3.05, 3.63) is 28.3 Å². The van der Waals surface area contributed by atoms with Gasteiger partial charge >= 0.3 is 6.61 Å². The Hall–Kier alpha value is -1.16. The Morgan fingerprint density at radius 1 is 1.47 bits per heavy atom. The lowest BCUT2D eigenvalue weighted by molar-refractivity contribution is -0.0503. The highest BCUT2D eigenvalue weighted by Gasteiger charge is 2.13. The van der Waals surface area contributed by atoms with E-state index in [-0.39, 0.29) is 22.1 Å². The topological polar surface area (TPSA) is 26.3 Å². The summed E-state index contributed by atoms with van der Waals surface area (Å²) >= 11 is 5.77. The molecule has 82 valence electrons. The third kappa shape index (κ3) is 2.89. The molecule has 0 saturated carbocycles. The zero-order chi connectivity index (χ0) is 11.6. The molecule has 0 bridgehead atoms. The van der Waals surface area contributed by atoms with E-state index in [1.165, 1.54) is 19.1 Å². The first-order chi connectivity index (χ1) is 6.91. The van der Waals surface area contributed by atoms with E-state index in [1.54, 1.807) is 6.92 Å². The molecule has 0 unspecified atom stereocenters. The fourth-order valence-electron chi connectivity index (χ4n) is 1.08. The van der Waals surface area contributed by atoms with Gasteiger partial charge in [-0.2, -0.15) is 8.78 Å². The molecule has 0 aromatic heterocycles. The highest BCUT2D eigenvalue weighted by Crippen LogP contribution is 2.29. The van der Waals surface area contributed by atoms with Gasteiger partial charge in [-0.15, -0.1) is 0 Å². The predicted octanol–water partition coefficient (Wildman–Crippen LogP) is 3.45. The smallest absolute Gasteiger partial charge is 0.387 e. The van der Waals surface area contributed by atoms with Crippen LogP contribution in [0.4, 0.5) is 8.78 Å². The number of alkyl halides is 2. The molecular formula is C10H9ClF2O2. The van der Waals surface area contributed by atoms with Gasteiger partial charge in [0.1, 0.15) is 5.75 Å². The molecule has 0 heterocycles. The standard InChI is InChI=1S/C10H9ClF2O2/c1-5-8(11)3-7(6(2)14)4-9(5)15-10(12)13/h3-4,10H,1-2H3. The summed E-state index contributed by atoms with van der Waals surface area (Å²) in [5.74, 6) is -0.321. The predicted molar refractivity (Wildman–Crippen MR) is 52.8 cm³/mol. The molecule has 1 aromatic rings. The summed E-state index contributed by atoms with van der Waals surface area (Å²) in [5, 5.41) is 0.235. The van der Waals surface area contributed by atoms with Gasteiger partial charge in [0.2, 0.25) is 0 Å². The van der Waals surface area contributed by atoms with Crippen molar-refractivity contribution in [3.8, 4) is 5.75 Å². The molecule has 0 fully saturated rings. The van der Waals surface area contributed by atoms with Gasteiger partial charge in [-0.05, 0) is 26.0 Å². The summed E-state index contributed by atoms with van der Waals surface area (Å²) in [7, 11) is 0. The molecular weight excluding hydrogens is 226 g/mol.